The van der Waals surface area contributed by atoms with Crippen LogP contribution in [0.1, 0.15) is 38.8 Å². The first-order chi connectivity index (χ1) is 8.60. The number of hydrogen-bond acceptors (Lipinski definition) is 3. The third-order valence-electron chi connectivity index (χ3n) is 2.74. The number of rotatable bonds is 7. The molecule has 0 heterocycles. The van der Waals surface area contributed by atoms with Crippen molar-refractivity contribution in [1.82, 2.24) is 5.32 Å². The minimum absolute atomic E-state index is 0.000903. The van der Waals surface area contributed by atoms with Gasteiger partial charge in [0, 0.05) is 16.2 Å². The number of halogens is 1. The lowest BCUT2D eigenvalue weighted by atomic mass is 10.1. The third-order valence-corrected chi connectivity index (χ3v) is 3.96. The van der Waals surface area contributed by atoms with Gasteiger partial charge in [0.15, 0.2) is 0 Å². The zero-order chi connectivity index (χ0) is 13.5. The fourth-order valence-electron chi connectivity index (χ4n) is 1.70. The molecule has 0 fully saturated rings. The highest BCUT2D eigenvalue weighted by atomic mass is 32.2. The van der Waals surface area contributed by atoms with Crippen molar-refractivity contribution in [3.05, 3.63) is 29.6 Å². The maximum atomic E-state index is 13.9. The number of nitrogens with one attached hydrogen (secondary N) is 1. The molecular weight excluding hydrogens is 249 g/mol. The van der Waals surface area contributed by atoms with E-state index in [4.69, 9.17) is 5.11 Å². The molecule has 1 rings (SSSR count). The lowest BCUT2D eigenvalue weighted by Crippen LogP contribution is -2.20. The lowest BCUT2D eigenvalue weighted by Gasteiger charge is -2.19. The predicted molar refractivity (Wildman–Crippen MR) is 75.5 cm³/mol. The topological polar surface area (TPSA) is 32.3 Å². The smallest absolute Gasteiger partial charge is 0.137 e. The van der Waals surface area contributed by atoms with E-state index in [-0.39, 0.29) is 23.7 Å². The molecule has 0 saturated heterocycles. The minimum atomic E-state index is -0.206. The monoisotopic (exact) mass is 271 g/mol. The number of aliphatic hydroxyl groups excluding tert-OH is 1. The fourth-order valence-corrected chi connectivity index (χ4v) is 2.74. The zero-order valence-electron chi connectivity index (χ0n) is 11.2. The normalized spacial score (nSPS) is 14.5. The lowest BCUT2D eigenvalue weighted by molar-refractivity contribution is 0.300. The Bertz CT molecular complexity index is 373. The molecule has 1 aromatic rings. The summed E-state index contributed by atoms with van der Waals surface area (Å²) in [5, 5.41) is 12.5. The maximum absolute atomic E-state index is 13.9. The van der Waals surface area contributed by atoms with E-state index in [9.17, 15) is 4.39 Å². The Morgan fingerprint density at radius 3 is 2.72 bits per heavy atom. The summed E-state index contributed by atoms with van der Waals surface area (Å²) in [6.45, 7) is 7.00. The van der Waals surface area contributed by atoms with Crippen LogP contribution in [0.25, 0.3) is 0 Å². The highest BCUT2D eigenvalue weighted by molar-refractivity contribution is 8.00. The molecule has 0 spiro atoms. The van der Waals surface area contributed by atoms with Crippen LogP contribution in [0.4, 0.5) is 4.39 Å². The SMILES string of the molecule is CCCNC(C)c1cccc(F)c1SC(C)CO. The molecule has 2 unspecified atom stereocenters. The van der Waals surface area contributed by atoms with Crippen molar-refractivity contribution in [3.8, 4) is 0 Å². The molecule has 0 aromatic heterocycles. The third kappa shape index (κ3) is 4.26. The standard InChI is InChI=1S/C14H22FNOS/c1-4-8-16-11(3)12-6-5-7-13(15)14(12)18-10(2)9-17/h5-7,10-11,16-17H,4,8-9H2,1-3H3. The first kappa shape index (κ1) is 15.5. The van der Waals surface area contributed by atoms with Gasteiger partial charge in [-0.1, -0.05) is 26.0 Å². The Labute approximate surface area is 113 Å². The van der Waals surface area contributed by atoms with Crippen molar-refractivity contribution >= 4 is 11.8 Å². The molecule has 4 heteroatoms. The summed E-state index contributed by atoms with van der Waals surface area (Å²) in [6.07, 6.45) is 1.05. The number of hydrogen-bond donors (Lipinski definition) is 2. The maximum Gasteiger partial charge on any atom is 0.137 e. The average Bonchev–Trinajstić information content (AvgIpc) is 2.38. The molecule has 0 aliphatic rings. The second-order valence-electron chi connectivity index (χ2n) is 4.45. The Morgan fingerprint density at radius 2 is 2.11 bits per heavy atom. The summed E-state index contributed by atoms with van der Waals surface area (Å²) in [5.74, 6) is -0.206. The summed E-state index contributed by atoms with van der Waals surface area (Å²) < 4.78 is 13.9. The van der Waals surface area contributed by atoms with Gasteiger partial charge >= 0.3 is 0 Å². The molecule has 2 N–H and O–H groups in total. The van der Waals surface area contributed by atoms with Gasteiger partial charge in [0.1, 0.15) is 5.82 Å². The van der Waals surface area contributed by atoms with Gasteiger partial charge in [-0.15, -0.1) is 11.8 Å². The van der Waals surface area contributed by atoms with Crippen LogP contribution in [-0.2, 0) is 0 Å². The van der Waals surface area contributed by atoms with Gasteiger partial charge in [0.05, 0.1) is 6.61 Å². The molecule has 102 valence electrons. The number of benzene rings is 1. The number of thioether (sulfide) groups is 1. The van der Waals surface area contributed by atoms with Gasteiger partial charge in [0.2, 0.25) is 0 Å². The molecule has 18 heavy (non-hydrogen) atoms. The van der Waals surface area contributed by atoms with Crippen molar-refractivity contribution in [3.63, 3.8) is 0 Å². The Hall–Kier alpha value is -0.580. The van der Waals surface area contributed by atoms with Crippen LogP contribution >= 0.6 is 11.8 Å². The second-order valence-corrected chi connectivity index (χ2v) is 5.89. The van der Waals surface area contributed by atoms with E-state index in [1.165, 1.54) is 17.8 Å². The van der Waals surface area contributed by atoms with Crippen molar-refractivity contribution in [1.29, 1.82) is 0 Å². The van der Waals surface area contributed by atoms with Crippen LogP contribution in [0, 0.1) is 5.82 Å². The van der Waals surface area contributed by atoms with Crippen LogP contribution in [0.2, 0.25) is 0 Å². The van der Waals surface area contributed by atoms with Crippen LogP contribution in [0.5, 0.6) is 0 Å². The van der Waals surface area contributed by atoms with E-state index in [0.717, 1.165) is 18.5 Å². The van der Waals surface area contributed by atoms with E-state index in [0.29, 0.717) is 4.90 Å². The summed E-state index contributed by atoms with van der Waals surface area (Å²) in [6, 6.07) is 5.28. The van der Waals surface area contributed by atoms with Crippen LogP contribution in [0.15, 0.2) is 23.1 Å². The Kier molecular flexibility index (Phi) is 6.68. The van der Waals surface area contributed by atoms with E-state index >= 15 is 0 Å². The number of aliphatic hydroxyl groups is 1. The van der Waals surface area contributed by atoms with Gasteiger partial charge in [-0.25, -0.2) is 4.39 Å². The first-order valence-corrected chi connectivity index (χ1v) is 7.27. The van der Waals surface area contributed by atoms with Gasteiger partial charge in [-0.3, -0.25) is 0 Å². The van der Waals surface area contributed by atoms with Crippen molar-refractivity contribution in [2.75, 3.05) is 13.2 Å². The molecule has 0 bridgehead atoms. The summed E-state index contributed by atoms with van der Waals surface area (Å²) in [4.78, 5) is 0.648. The fraction of sp³-hybridized carbons (Fsp3) is 0.571. The quantitative estimate of drug-likeness (QED) is 0.746. The van der Waals surface area contributed by atoms with E-state index < -0.39 is 0 Å². The molecule has 2 atom stereocenters. The Morgan fingerprint density at radius 1 is 1.39 bits per heavy atom. The summed E-state index contributed by atoms with van der Waals surface area (Å²) in [7, 11) is 0. The summed E-state index contributed by atoms with van der Waals surface area (Å²) >= 11 is 1.39. The zero-order valence-corrected chi connectivity index (χ0v) is 12.1. The van der Waals surface area contributed by atoms with Crippen LogP contribution < -0.4 is 5.32 Å². The van der Waals surface area contributed by atoms with Gasteiger partial charge in [-0.05, 0) is 31.5 Å². The highest BCUT2D eigenvalue weighted by Gasteiger charge is 2.16. The van der Waals surface area contributed by atoms with Crippen LogP contribution in [-0.4, -0.2) is 23.5 Å². The molecule has 0 aliphatic heterocycles. The van der Waals surface area contributed by atoms with E-state index in [2.05, 4.69) is 12.2 Å². The predicted octanol–water partition coefficient (Wildman–Crippen LogP) is 3.36. The first-order valence-electron chi connectivity index (χ1n) is 6.39. The van der Waals surface area contributed by atoms with Crippen molar-refractivity contribution in [2.24, 2.45) is 0 Å². The second kappa shape index (κ2) is 7.77. The molecule has 0 saturated carbocycles. The highest BCUT2D eigenvalue weighted by Crippen LogP contribution is 2.32. The molecule has 2 nitrogen and oxygen atoms in total. The molecule has 0 radical (unpaired) electrons. The largest absolute Gasteiger partial charge is 0.395 e. The van der Waals surface area contributed by atoms with Crippen molar-refractivity contribution < 1.29 is 9.50 Å². The van der Waals surface area contributed by atoms with Gasteiger partial charge < -0.3 is 10.4 Å². The van der Waals surface area contributed by atoms with Crippen molar-refractivity contribution in [2.45, 2.75) is 43.4 Å². The molecular formula is C14H22FNOS. The molecule has 1 aromatic carbocycles. The average molecular weight is 271 g/mol. The molecule has 0 amide bonds. The Balaban J connectivity index is 2.92. The van der Waals surface area contributed by atoms with Crippen LogP contribution in [0.3, 0.4) is 0 Å². The van der Waals surface area contributed by atoms with E-state index in [1.54, 1.807) is 6.07 Å². The minimum Gasteiger partial charge on any atom is -0.395 e. The van der Waals surface area contributed by atoms with Gasteiger partial charge in [0.25, 0.3) is 0 Å². The molecule has 0 aliphatic carbocycles. The van der Waals surface area contributed by atoms with Gasteiger partial charge in [-0.2, -0.15) is 0 Å². The van der Waals surface area contributed by atoms with E-state index in [1.807, 2.05) is 19.9 Å². The summed E-state index contributed by atoms with van der Waals surface area (Å²) in [5.41, 5.74) is 0.966.